The summed E-state index contributed by atoms with van der Waals surface area (Å²) in [5.41, 5.74) is -0.536. The van der Waals surface area contributed by atoms with Gasteiger partial charge < -0.3 is 14.4 Å². The molecule has 0 aromatic rings. The van der Waals surface area contributed by atoms with Crippen molar-refractivity contribution in [3.05, 3.63) is 12.2 Å². The third kappa shape index (κ3) is 11.0. The van der Waals surface area contributed by atoms with Crippen molar-refractivity contribution in [2.24, 2.45) is 0 Å². The van der Waals surface area contributed by atoms with Crippen molar-refractivity contribution >= 4 is 12.1 Å². The molecular formula is C22H39NO4. The van der Waals surface area contributed by atoms with Crippen molar-refractivity contribution in [1.82, 2.24) is 4.90 Å². The Morgan fingerprint density at radius 1 is 1.19 bits per heavy atom. The lowest BCUT2D eigenvalue weighted by molar-refractivity contribution is -0.144. The maximum atomic E-state index is 12.8. The zero-order valence-electron chi connectivity index (χ0n) is 17.8. The van der Waals surface area contributed by atoms with E-state index in [0.717, 1.165) is 44.9 Å². The Labute approximate surface area is 165 Å². The number of hydrogen-bond donors (Lipinski definition) is 0. The normalized spacial score (nSPS) is 22.7. The predicted octanol–water partition coefficient (Wildman–Crippen LogP) is 5.63. The van der Waals surface area contributed by atoms with Crippen molar-refractivity contribution in [2.45, 2.75) is 104 Å². The summed E-state index contributed by atoms with van der Waals surface area (Å²) >= 11 is 0. The van der Waals surface area contributed by atoms with Gasteiger partial charge in [-0.1, -0.05) is 38.3 Å². The zero-order chi connectivity index (χ0) is 20.1. The lowest BCUT2D eigenvalue weighted by Crippen LogP contribution is -2.45. The highest BCUT2D eigenvalue weighted by Crippen LogP contribution is 2.20. The summed E-state index contributed by atoms with van der Waals surface area (Å²) in [4.78, 5) is 26.5. The summed E-state index contributed by atoms with van der Waals surface area (Å²) in [6.45, 7) is 8.40. The average Bonchev–Trinajstić information content (AvgIpc) is 2.57. The van der Waals surface area contributed by atoms with Crippen LogP contribution in [-0.4, -0.2) is 41.8 Å². The van der Waals surface area contributed by atoms with Gasteiger partial charge in [-0.2, -0.15) is 0 Å². The van der Waals surface area contributed by atoms with Gasteiger partial charge in [0.15, 0.2) is 0 Å². The van der Waals surface area contributed by atoms with Gasteiger partial charge in [0.1, 0.15) is 12.2 Å². The molecule has 0 spiro atoms. The molecule has 1 rings (SSSR count). The van der Waals surface area contributed by atoms with Crippen molar-refractivity contribution in [3.8, 4) is 0 Å². The van der Waals surface area contributed by atoms with Crippen LogP contribution < -0.4 is 0 Å². The molecule has 1 amide bonds. The number of cyclic esters (lactones) is 1. The first-order chi connectivity index (χ1) is 12.8. The minimum Gasteiger partial charge on any atom is -0.464 e. The molecule has 156 valence electrons. The fourth-order valence-electron chi connectivity index (χ4n) is 3.28. The molecule has 5 heteroatoms. The minimum atomic E-state index is -0.536. The molecule has 0 aromatic heterocycles. The first-order valence-electron chi connectivity index (χ1n) is 10.6. The van der Waals surface area contributed by atoms with Crippen molar-refractivity contribution in [3.63, 3.8) is 0 Å². The van der Waals surface area contributed by atoms with Crippen molar-refractivity contribution in [2.75, 3.05) is 13.2 Å². The van der Waals surface area contributed by atoms with Crippen LogP contribution in [0.15, 0.2) is 12.2 Å². The summed E-state index contributed by atoms with van der Waals surface area (Å²) in [6.07, 6.45) is 13.7. The molecule has 1 unspecified atom stereocenters. The van der Waals surface area contributed by atoms with E-state index in [0.29, 0.717) is 13.0 Å². The van der Waals surface area contributed by atoms with Gasteiger partial charge in [0.25, 0.3) is 0 Å². The number of hydrogen-bond acceptors (Lipinski definition) is 4. The Morgan fingerprint density at radius 3 is 2.56 bits per heavy atom. The number of esters is 1. The Morgan fingerprint density at radius 2 is 1.89 bits per heavy atom. The van der Waals surface area contributed by atoms with Crippen molar-refractivity contribution in [1.29, 1.82) is 0 Å². The van der Waals surface area contributed by atoms with Crippen LogP contribution in [0.1, 0.15) is 91.9 Å². The molecule has 27 heavy (non-hydrogen) atoms. The van der Waals surface area contributed by atoms with E-state index >= 15 is 0 Å². The standard InChI is InChI=1S/C22H39NO4/c1-5-14-19-15-12-10-8-6-7-9-11-13-16-20(24)26-18-17-23(19)21(25)27-22(2,3)4/h7,9,19H,5-6,8,10-18H2,1-4H3/b9-7+. The second kappa shape index (κ2) is 12.8. The van der Waals surface area contributed by atoms with Crippen molar-refractivity contribution < 1.29 is 19.1 Å². The molecule has 0 bridgehead atoms. The highest BCUT2D eigenvalue weighted by molar-refractivity contribution is 5.70. The van der Waals surface area contributed by atoms with Gasteiger partial charge in [0.2, 0.25) is 0 Å². The molecule has 0 fully saturated rings. The number of ether oxygens (including phenoxy) is 2. The van der Waals surface area contributed by atoms with Crippen LogP contribution in [0.4, 0.5) is 4.79 Å². The lowest BCUT2D eigenvalue weighted by Gasteiger charge is -2.33. The molecular weight excluding hydrogens is 342 g/mol. The smallest absolute Gasteiger partial charge is 0.410 e. The quantitative estimate of drug-likeness (QED) is 0.460. The second-order valence-corrected chi connectivity index (χ2v) is 8.34. The van der Waals surface area contributed by atoms with Gasteiger partial charge in [-0.05, 0) is 59.3 Å². The highest BCUT2D eigenvalue weighted by Gasteiger charge is 2.28. The third-order valence-electron chi connectivity index (χ3n) is 4.61. The summed E-state index contributed by atoms with van der Waals surface area (Å²) in [7, 11) is 0. The molecule has 5 nitrogen and oxygen atoms in total. The number of nitrogens with zero attached hydrogens (tertiary/aromatic N) is 1. The first-order valence-corrected chi connectivity index (χ1v) is 10.6. The number of carbonyl (C=O) groups is 2. The Balaban J connectivity index is 2.82. The maximum absolute atomic E-state index is 12.8. The van der Waals surface area contributed by atoms with Crippen LogP contribution >= 0.6 is 0 Å². The van der Waals surface area contributed by atoms with E-state index in [9.17, 15) is 9.59 Å². The SMILES string of the molecule is CCCC1CCCCC/C=C/CCCC(=O)OCCN1C(=O)OC(C)(C)C. The fourth-order valence-corrected chi connectivity index (χ4v) is 3.28. The van der Waals surface area contributed by atoms with E-state index in [4.69, 9.17) is 9.47 Å². The summed E-state index contributed by atoms with van der Waals surface area (Å²) < 4.78 is 11.0. The van der Waals surface area contributed by atoms with E-state index in [1.807, 2.05) is 20.8 Å². The van der Waals surface area contributed by atoms with E-state index in [1.165, 1.54) is 12.8 Å². The fraction of sp³-hybridized carbons (Fsp3) is 0.818. The lowest BCUT2D eigenvalue weighted by atomic mass is 10.0. The van der Waals surface area contributed by atoms with E-state index in [-0.39, 0.29) is 24.7 Å². The second-order valence-electron chi connectivity index (χ2n) is 8.34. The van der Waals surface area contributed by atoms with Crippen LogP contribution in [-0.2, 0) is 14.3 Å². The molecule has 0 N–H and O–H groups in total. The maximum Gasteiger partial charge on any atom is 0.410 e. The zero-order valence-corrected chi connectivity index (χ0v) is 17.8. The van der Waals surface area contributed by atoms with Gasteiger partial charge >= 0.3 is 12.1 Å². The topological polar surface area (TPSA) is 55.8 Å². The average molecular weight is 382 g/mol. The number of amides is 1. The highest BCUT2D eigenvalue weighted by atomic mass is 16.6. The number of carbonyl (C=O) groups excluding carboxylic acids is 2. The van der Waals surface area contributed by atoms with Crippen LogP contribution in [0.2, 0.25) is 0 Å². The molecule has 1 aliphatic heterocycles. The van der Waals surface area contributed by atoms with Gasteiger partial charge in [0, 0.05) is 12.5 Å². The molecule has 0 saturated carbocycles. The monoisotopic (exact) mass is 381 g/mol. The number of allylic oxidation sites excluding steroid dienone is 2. The Kier molecular flexibility index (Phi) is 11.1. The molecule has 0 aromatic carbocycles. The third-order valence-corrected chi connectivity index (χ3v) is 4.61. The van der Waals surface area contributed by atoms with E-state index in [1.54, 1.807) is 4.90 Å². The molecule has 0 radical (unpaired) electrons. The van der Waals surface area contributed by atoms with E-state index in [2.05, 4.69) is 19.1 Å². The Hall–Kier alpha value is -1.52. The van der Waals surface area contributed by atoms with Gasteiger partial charge in [0.05, 0.1) is 6.54 Å². The predicted molar refractivity (Wildman–Crippen MR) is 109 cm³/mol. The van der Waals surface area contributed by atoms with Crippen LogP contribution in [0, 0.1) is 0 Å². The first kappa shape index (κ1) is 23.5. The van der Waals surface area contributed by atoms with Gasteiger partial charge in [-0.25, -0.2) is 4.79 Å². The molecule has 0 saturated heterocycles. The Bertz CT molecular complexity index is 467. The largest absolute Gasteiger partial charge is 0.464 e. The van der Waals surface area contributed by atoms with E-state index < -0.39 is 5.60 Å². The molecule has 1 heterocycles. The van der Waals surface area contributed by atoms with Gasteiger partial charge in [-0.15, -0.1) is 0 Å². The summed E-state index contributed by atoms with van der Waals surface area (Å²) in [6, 6.07) is 0.131. The molecule has 0 aliphatic carbocycles. The summed E-state index contributed by atoms with van der Waals surface area (Å²) in [5.74, 6) is -0.188. The molecule has 1 atom stereocenters. The van der Waals surface area contributed by atoms with Crippen LogP contribution in [0.5, 0.6) is 0 Å². The number of rotatable bonds is 2. The van der Waals surface area contributed by atoms with Crippen LogP contribution in [0.25, 0.3) is 0 Å². The minimum absolute atomic E-state index is 0.131. The molecule has 1 aliphatic rings. The van der Waals surface area contributed by atoms with Gasteiger partial charge in [-0.3, -0.25) is 4.79 Å². The van der Waals surface area contributed by atoms with Crippen LogP contribution in [0.3, 0.4) is 0 Å². The summed E-state index contributed by atoms with van der Waals surface area (Å²) in [5, 5.41) is 0.